The van der Waals surface area contributed by atoms with Crippen LogP contribution in [0.25, 0.3) is 32.9 Å². The molecule has 0 unspecified atom stereocenters. The van der Waals surface area contributed by atoms with Crippen molar-refractivity contribution < 1.29 is 17.6 Å². The van der Waals surface area contributed by atoms with Gasteiger partial charge in [-0.25, -0.2) is 8.78 Å². The van der Waals surface area contributed by atoms with Gasteiger partial charge in [0.05, 0.1) is 16.6 Å². The molecule has 3 nitrogen and oxygen atoms in total. The average molecular weight is 331 g/mol. The smallest absolute Gasteiger partial charge is 0.281 e. The van der Waals surface area contributed by atoms with Gasteiger partial charge in [-0.05, 0) is 18.2 Å². The molecule has 0 aliphatic rings. The van der Waals surface area contributed by atoms with Crippen LogP contribution in [0.3, 0.4) is 0 Å². The third-order valence-electron chi connectivity index (χ3n) is 3.93. The first kappa shape index (κ1) is 14.6. The Bertz CT molecular complexity index is 1060. The first-order chi connectivity index (χ1) is 11.6. The number of fused-ring (bicyclic) bond motifs is 3. The molecule has 24 heavy (non-hydrogen) atoms. The second-order valence-corrected chi connectivity index (χ2v) is 5.23. The largest absolute Gasteiger partial charge is 0.319 e. The number of hydrogen-bond donors (Lipinski definition) is 0. The predicted molar refractivity (Wildman–Crippen MR) is 81.6 cm³/mol. The first-order valence-corrected chi connectivity index (χ1v) is 7.03. The van der Waals surface area contributed by atoms with E-state index in [1.807, 2.05) is 0 Å². The highest BCUT2D eigenvalue weighted by Gasteiger charge is 2.24. The van der Waals surface area contributed by atoms with E-state index >= 15 is 4.39 Å². The minimum atomic E-state index is -2.98. The molecule has 0 saturated heterocycles. The highest BCUT2D eigenvalue weighted by atomic mass is 19.3. The number of aromatic nitrogens is 3. The number of benzene rings is 1. The molecule has 0 fully saturated rings. The fourth-order valence-electron chi connectivity index (χ4n) is 2.95. The van der Waals surface area contributed by atoms with Crippen molar-refractivity contribution in [3.05, 3.63) is 60.7 Å². The zero-order valence-corrected chi connectivity index (χ0v) is 12.0. The summed E-state index contributed by atoms with van der Waals surface area (Å²) in [6.07, 6.45) is 5.39. The van der Waals surface area contributed by atoms with Gasteiger partial charge in [-0.15, -0.1) is 0 Å². The minimum absolute atomic E-state index is 0.0565. The van der Waals surface area contributed by atoms with E-state index in [1.54, 1.807) is 0 Å². The average Bonchev–Trinajstić information content (AvgIpc) is 2.91. The van der Waals surface area contributed by atoms with E-state index in [1.165, 1.54) is 43.0 Å². The fraction of sp³-hybridized carbons (Fsp3) is 0.0588. The number of alkyl halides is 2. The van der Waals surface area contributed by atoms with Crippen LogP contribution in [0.4, 0.5) is 17.6 Å². The highest BCUT2D eigenvalue weighted by Crippen LogP contribution is 2.38. The van der Waals surface area contributed by atoms with Crippen molar-refractivity contribution in [2.75, 3.05) is 0 Å². The number of nitrogens with zero attached hydrogens (tertiary/aromatic N) is 3. The molecular formula is C17H9F4N3. The lowest BCUT2D eigenvalue weighted by Crippen LogP contribution is -2.01. The topological polar surface area (TPSA) is 30.7 Å². The van der Waals surface area contributed by atoms with Crippen LogP contribution >= 0.6 is 0 Å². The Morgan fingerprint density at radius 3 is 2.46 bits per heavy atom. The van der Waals surface area contributed by atoms with Gasteiger partial charge in [0, 0.05) is 41.1 Å². The Hall–Kier alpha value is -2.96. The van der Waals surface area contributed by atoms with Gasteiger partial charge in [0.2, 0.25) is 0 Å². The van der Waals surface area contributed by atoms with Crippen LogP contribution in [0.15, 0.2) is 49.1 Å². The van der Waals surface area contributed by atoms with Crippen molar-refractivity contribution in [1.82, 2.24) is 14.5 Å². The van der Waals surface area contributed by atoms with Crippen molar-refractivity contribution >= 4 is 21.8 Å². The van der Waals surface area contributed by atoms with Crippen LogP contribution in [-0.2, 0) is 0 Å². The van der Waals surface area contributed by atoms with E-state index in [0.29, 0.717) is 4.57 Å². The van der Waals surface area contributed by atoms with Gasteiger partial charge < -0.3 is 0 Å². The summed E-state index contributed by atoms with van der Waals surface area (Å²) in [6, 6.07) is 5.40. The maximum Gasteiger partial charge on any atom is 0.319 e. The summed E-state index contributed by atoms with van der Waals surface area (Å²) in [5, 5.41) is 0.323. The molecule has 0 radical (unpaired) electrons. The second-order valence-electron chi connectivity index (χ2n) is 5.23. The quantitative estimate of drug-likeness (QED) is 0.488. The van der Waals surface area contributed by atoms with Crippen molar-refractivity contribution in [1.29, 1.82) is 0 Å². The van der Waals surface area contributed by atoms with Gasteiger partial charge in [0.25, 0.3) is 0 Å². The van der Waals surface area contributed by atoms with Crippen molar-refractivity contribution in [2.24, 2.45) is 0 Å². The maximum atomic E-state index is 15.0. The Morgan fingerprint density at radius 2 is 1.75 bits per heavy atom. The van der Waals surface area contributed by atoms with Gasteiger partial charge in [0.1, 0.15) is 5.82 Å². The lowest BCUT2D eigenvalue weighted by molar-refractivity contribution is 0.0791. The van der Waals surface area contributed by atoms with E-state index in [-0.39, 0.29) is 32.9 Å². The van der Waals surface area contributed by atoms with Gasteiger partial charge >= 0.3 is 6.55 Å². The summed E-state index contributed by atoms with van der Waals surface area (Å²) in [7, 11) is 0. The summed E-state index contributed by atoms with van der Waals surface area (Å²) >= 11 is 0. The molecule has 0 aliphatic carbocycles. The molecule has 3 heterocycles. The second kappa shape index (κ2) is 5.30. The van der Waals surface area contributed by atoms with Crippen molar-refractivity contribution in [3.63, 3.8) is 0 Å². The standard InChI is InChI=1S/C17H9F4N3/c18-12-6-10-11-8-23-5-3-13(11)24(17(20)21)16(10)15(19)14(12)9-2-1-4-22-7-9/h1-8,17H. The summed E-state index contributed by atoms with van der Waals surface area (Å²) < 4.78 is 57.2. The van der Waals surface area contributed by atoms with Crippen molar-refractivity contribution in [3.8, 4) is 11.1 Å². The lowest BCUT2D eigenvalue weighted by Gasteiger charge is -2.10. The number of halogens is 4. The van der Waals surface area contributed by atoms with Gasteiger partial charge in [0.15, 0.2) is 5.82 Å². The van der Waals surface area contributed by atoms with Crippen molar-refractivity contribution in [2.45, 2.75) is 6.55 Å². The van der Waals surface area contributed by atoms with E-state index < -0.39 is 18.2 Å². The summed E-state index contributed by atoms with van der Waals surface area (Å²) in [4.78, 5) is 7.69. The van der Waals surface area contributed by atoms with Crippen LogP contribution < -0.4 is 0 Å². The molecule has 0 aliphatic heterocycles. The fourth-order valence-corrected chi connectivity index (χ4v) is 2.95. The first-order valence-electron chi connectivity index (χ1n) is 7.03. The van der Waals surface area contributed by atoms with E-state index in [4.69, 9.17) is 0 Å². The molecule has 0 amide bonds. The molecule has 0 atom stereocenters. The maximum absolute atomic E-state index is 15.0. The Kier molecular flexibility index (Phi) is 3.23. The van der Waals surface area contributed by atoms with E-state index in [0.717, 1.165) is 6.07 Å². The molecule has 7 heteroatoms. The zero-order valence-electron chi connectivity index (χ0n) is 12.0. The Labute approximate surface area is 133 Å². The molecule has 0 bridgehead atoms. The highest BCUT2D eigenvalue weighted by molar-refractivity contribution is 6.09. The Morgan fingerprint density at radius 1 is 0.958 bits per heavy atom. The molecular weight excluding hydrogens is 322 g/mol. The minimum Gasteiger partial charge on any atom is -0.281 e. The molecule has 4 rings (SSSR count). The number of rotatable bonds is 2. The SMILES string of the molecule is Fc1cc2c3cnccc3n(C(F)F)c2c(F)c1-c1cccnc1. The molecule has 3 aromatic heterocycles. The molecule has 0 saturated carbocycles. The van der Waals surface area contributed by atoms with Gasteiger partial charge in [-0.1, -0.05) is 6.07 Å². The molecule has 0 spiro atoms. The molecule has 0 N–H and O–H groups in total. The van der Waals surface area contributed by atoms with Crippen LogP contribution in [-0.4, -0.2) is 14.5 Å². The molecule has 120 valence electrons. The third-order valence-corrected chi connectivity index (χ3v) is 3.93. The van der Waals surface area contributed by atoms with Crippen LogP contribution in [0.5, 0.6) is 0 Å². The van der Waals surface area contributed by atoms with Gasteiger partial charge in [-0.2, -0.15) is 8.78 Å². The summed E-state index contributed by atoms with van der Waals surface area (Å²) in [5.74, 6) is -1.89. The van der Waals surface area contributed by atoms with E-state index in [2.05, 4.69) is 9.97 Å². The number of pyridine rings is 2. The van der Waals surface area contributed by atoms with Gasteiger partial charge in [-0.3, -0.25) is 14.5 Å². The Balaban J connectivity index is 2.20. The van der Waals surface area contributed by atoms with Crippen LogP contribution in [0, 0.1) is 11.6 Å². The van der Waals surface area contributed by atoms with Crippen LogP contribution in [0.2, 0.25) is 0 Å². The molecule has 1 aromatic carbocycles. The zero-order chi connectivity index (χ0) is 16.8. The summed E-state index contributed by atoms with van der Waals surface area (Å²) in [6.45, 7) is -2.98. The predicted octanol–water partition coefficient (Wildman–Crippen LogP) is 4.92. The monoisotopic (exact) mass is 331 g/mol. The normalized spacial score (nSPS) is 11.7. The summed E-state index contributed by atoms with van der Waals surface area (Å²) in [5.41, 5.74) is -0.461. The van der Waals surface area contributed by atoms with E-state index in [9.17, 15) is 13.2 Å². The molecule has 4 aromatic rings. The van der Waals surface area contributed by atoms with Crippen LogP contribution in [0.1, 0.15) is 6.55 Å². The lowest BCUT2D eigenvalue weighted by atomic mass is 10.0. The third kappa shape index (κ3) is 1.97. The number of hydrogen-bond acceptors (Lipinski definition) is 2.